The van der Waals surface area contributed by atoms with Gasteiger partial charge in [-0.15, -0.1) is 11.8 Å². The van der Waals surface area contributed by atoms with E-state index in [2.05, 4.69) is 9.97 Å². The van der Waals surface area contributed by atoms with Crippen LogP contribution in [-0.2, 0) is 6.42 Å². The van der Waals surface area contributed by atoms with Gasteiger partial charge in [0.1, 0.15) is 16.4 Å². The Balaban J connectivity index is 2.15. The highest BCUT2D eigenvalue weighted by atomic mass is 32.2. The van der Waals surface area contributed by atoms with Gasteiger partial charge in [0.15, 0.2) is 0 Å². The molecule has 1 fully saturated rings. The Labute approximate surface area is 124 Å². The lowest BCUT2D eigenvalue weighted by atomic mass is 9.91. The maximum absolute atomic E-state index is 11.4. The molecular formula is C15H22N2O2S. The molecule has 4 nitrogen and oxygen atoms in total. The average Bonchev–Trinajstić information content (AvgIpc) is 2.45. The first kappa shape index (κ1) is 15.3. The summed E-state index contributed by atoms with van der Waals surface area (Å²) < 4.78 is 0. The number of carbonyl (C=O) groups is 1. The average molecular weight is 294 g/mol. The Kier molecular flexibility index (Phi) is 5.40. The third-order valence-corrected chi connectivity index (χ3v) is 5.02. The Hall–Kier alpha value is -1.10. The zero-order chi connectivity index (χ0) is 14.5. The molecule has 0 aliphatic heterocycles. The van der Waals surface area contributed by atoms with Gasteiger partial charge in [0.05, 0.1) is 5.69 Å². The normalized spacial score (nSPS) is 16.3. The molecule has 0 spiro atoms. The van der Waals surface area contributed by atoms with Crippen LogP contribution in [0.2, 0.25) is 0 Å². The van der Waals surface area contributed by atoms with Crippen molar-refractivity contribution >= 4 is 17.7 Å². The summed E-state index contributed by atoms with van der Waals surface area (Å²) in [7, 11) is 0. The van der Waals surface area contributed by atoms with Crippen molar-refractivity contribution in [2.75, 3.05) is 5.75 Å². The second-order valence-corrected chi connectivity index (χ2v) is 6.39. The number of aromatic carboxylic acids is 1. The highest BCUT2D eigenvalue weighted by Gasteiger charge is 2.20. The van der Waals surface area contributed by atoms with Crippen molar-refractivity contribution in [2.24, 2.45) is 5.92 Å². The van der Waals surface area contributed by atoms with Crippen LogP contribution in [0.25, 0.3) is 0 Å². The molecule has 1 saturated carbocycles. The van der Waals surface area contributed by atoms with Crippen LogP contribution >= 0.6 is 11.8 Å². The largest absolute Gasteiger partial charge is 0.478 e. The molecule has 1 aliphatic rings. The minimum atomic E-state index is -0.920. The van der Waals surface area contributed by atoms with E-state index in [1.807, 2.05) is 6.92 Å². The molecule has 0 amide bonds. The number of thioether (sulfide) groups is 1. The van der Waals surface area contributed by atoms with Gasteiger partial charge in [0.25, 0.3) is 0 Å². The molecule has 1 aromatic rings. The molecule has 1 heterocycles. The molecule has 5 heteroatoms. The predicted octanol–water partition coefficient (Wildman–Crippen LogP) is 3.72. The predicted molar refractivity (Wildman–Crippen MR) is 80.4 cm³/mol. The molecular weight excluding hydrogens is 272 g/mol. The number of aromatic nitrogens is 2. The van der Waals surface area contributed by atoms with Crippen LogP contribution in [0, 0.1) is 12.8 Å². The lowest BCUT2D eigenvalue weighted by Crippen LogP contribution is -2.12. The molecule has 1 aromatic heterocycles. The summed E-state index contributed by atoms with van der Waals surface area (Å²) >= 11 is 1.59. The van der Waals surface area contributed by atoms with Crippen molar-refractivity contribution < 1.29 is 9.90 Å². The topological polar surface area (TPSA) is 63.1 Å². The van der Waals surface area contributed by atoms with Crippen molar-refractivity contribution in [1.29, 1.82) is 0 Å². The van der Waals surface area contributed by atoms with E-state index >= 15 is 0 Å². The SMILES string of the molecule is CCc1nc(C)c(C(=O)O)c(SCC2CCCCC2)n1. The molecule has 110 valence electrons. The molecule has 0 bridgehead atoms. The Bertz CT molecular complexity index is 485. The number of aryl methyl sites for hydroxylation is 2. The quantitative estimate of drug-likeness (QED) is 0.662. The molecule has 0 saturated heterocycles. The van der Waals surface area contributed by atoms with E-state index in [0.29, 0.717) is 16.6 Å². The van der Waals surface area contributed by atoms with Gasteiger partial charge in [-0.3, -0.25) is 0 Å². The van der Waals surface area contributed by atoms with Crippen LogP contribution in [0.4, 0.5) is 0 Å². The molecule has 0 aromatic carbocycles. The van der Waals surface area contributed by atoms with E-state index in [4.69, 9.17) is 0 Å². The monoisotopic (exact) mass is 294 g/mol. The van der Waals surface area contributed by atoms with Gasteiger partial charge in [0.2, 0.25) is 0 Å². The van der Waals surface area contributed by atoms with Gasteiger partial charge in [-0.2, -0.15) is 0 Å². The summed E-state index contributed by atoms with van der Waals surface area (Å²) in [5.74, 6) is 1.49. The smallest absolute Gasteiger partial charge is 0.340 e. The van der Waals surface area contributed by atoms with E-state index in [0.717, 1.165) is 18.0 Å². The van der Waals surface area contributed by atoms with Crippen molar-refractivity contribution in [3.05, 3.63) is 17.1 Å². The fourth-order valence-electron chi connectivity index (χ4n) is 2.66. The van der Waals surface area contributed by atoms with Crippen molar-refractivity contribution in [1.82, 2.24) is 9.97 Å². The number of carboxylic acid groups (broad SMARTS) is 1. The van der Waals surface area contributed by atoms with Crippen LogP contribution in [0.3, 0.4) is 0 Å². The minimum Gasteiger partial charge on any atom is -0.478 e. The van der Waals surface area contributed by atoms with Gasteiger partial charge in [-0.1, -0.05) is 26.2 Å². The maximum Gasteiger partial charge on any atom is 0.340 e. The van der Waals surface area contributed by atoms with Crippen molar-refractivity contribution in [3.63, 3.8) is 0 Å². The fourth-order valence-corrected chi connectivity index (χ4v) is 3.94. The van der Waals surface area contributed by atoms with Gasteiger partial charge in [-0.25, -0.2) is 14.8 Å². The lowest BCUT2D eigenvalue weighted by Gasteiger charge is -2.21. The third-order valence-electron chi connectivity index (χ3n) is 3.81. The highest BCUT2D eigenvalue weighted by molar-refractivity contribution is 7.99. The van der Waals surface area contributed by atoms with Crippen LogP contribution in [0.5, 0.6) is 0 Å². The molecule has 1 N–H and O–H groups in total. The minimum absolute atomic E-state index is 0.281. The Morgan fingerprint density at radius 2 is 2.00 bits per heavy atom. The number of hydrogen-bond donors (Lipinski definition) is 1. The highest BCUT2D eigenvalue weighted by Crippen LogP contribution is 2.31. The van der Waals surface area contributed by atoms with Gasteiger partial charge < -0.3 is 5.11 Å². The summed E-state index contributed by atoms with van der Waals surface area (Å²) in [5, 5.41) is 10.00. The summed E-state index contributed by atoms with van der Waals surface area (Å²) in [6, 6.07) is 0. The Morgan fingerprint density at radius 3 is 2.60 bits per heavy atom. The zero-order valence-corrected chi connectivity index (χ0v) is 13.0. The zero-order valence-electron chi connectivity index (χ0n) is 12.2. The number of hydrogen-bond acceptors (Lipinski definition) is 4. The summed E-state index contributed by atoms with van der Waals surface area (Å²) in [6.07, 6.45) is 7.21. The molecule has 20 heavy (non-hydrogen) atoms. The summed E-state index contributed by atoms with van der Waals surface area (Å²) in [5.41, 5.74) is 0.860. The van der Waals surface area contributed by atoms with Crippen LogP contribution in [0.1, 0.15) is 60.9 Å². The molecule has 1 aliphatic carbocycles. The Morgan fingerprint density at radius 1 is 1.30 bits per heavy atom. The molecule has 2 rings (SSSR count). The molecule has 0 atom stereocenters. The maximum atomic E-state index is 11.4. The van der Waals surface area contributed by atoms with E-state index < -0.39 is 5.97 Å². The van der Waals surface area contributed by atoms with Gasteiger partial charge in [0, 0.05) is 12.2 Å². The third kappa shape index (κ3) is 3.72. The first-order valence-electron chi connectivity index (χ1n) is 7.35. The fraction of sp³-hybridized carbons (Fsp3) is 0.667. The summed E-state index contributed by atoms with van der Waals surface area (Å²) in [4.78, 5) is 20.1. The van der Waals surface area contributed by atoms with Crippen LogP contribution in [-0.4, -0.2) is 26.8 Å². The van der Waals surface area contributed by atoms with Crippen molar-refractivity contribution in [3.8, 4) is 0 Å². The first-order chi connectivity index (χ1) is 9.61. The second-order valence-electron chi connectivity index (χ2n) is 5.38. The number of rotatable bonds is 5. The first-order valence-corrected chi connectivity index (χ1v) is 8.34. The van der Waals surface area contributed by atoms with Gasteiger partial charge >= 0.3 is 5.97 Å². The van der Waals surface area contributed by atoms with Crippen molar-refractivity contribution in [2.45, 2.75) is 57.4 Å². The van der Waals surface area contributed by atoms with E-state index in [1.165, 1.54) is 32.1 Å². The molecule has 0 radical (unpaired) electrons. The van der Waals surface area contributed by atoms with E-state index in [9.17, 15) is 9.90 Å². The van der Waals surface area contributed by atoms with Gasteiger partial charge in [-0.05, 0) is 25.7 Å². The molecule has 0 unspecified atom stereocenters. The number of carboxylic acids is 1. The standard InChI is InChI=1S/C15H22N2O2S/c1-3-12-16-10(2)13(15(18)19)14(17-12)20-9-11-7-5-4-6-8-11/h11H,3-9H2,1-2H3,(H,18,19). The number of nitrogens with zero attached hydrogens (tertiary/aromatic N) is 2. The summed E-state index contributed by atoms with van der Waals surface area (Å²) in [6.45, 7) is 3.75. The van der Waals surface area contributed by atoms with E-state index in [1.54, 1.807) is 18.7 Å². The second kappa shape index (κ2) is 7.07. The van der Waals surface area contributed by atoms with Crippen LogP contribution in [0.15, 0.2) is 5.03 Å². The lowest BCUT2D eigenvalue weighted by molar-refractivity contribution is 0.0690. The van der Waals surface area contributed by atoms with E-state index in [-0.39, 0.29) is 5.56 Å². The van der Waals surface area contributed by atoms with Crippen LogP contribution < -0.4 is 0 Å².